The van der Waals surface area contributed by atoms with Gasteiger partial charge in [0.25, 0.3) is 5.91 Å². The van der Waals surface area contributed by atoms with Gasteiger partial charge in [-0.15, -0.1) is 0 Å². The molecular weight excluding hydrogens is 334 g/mol. The SMILES string of the molecule is COC(=O)c1cc(Br)ccc1NC(=O)c1cccc(C)c1. The van der Waals surface area contributed by atoms with Crippen molar-refractivity contribution in [2.45, 2.75) is 6.92 Å². The summed E-state index contributed by atoms with van der Waals surface area (Å²) >= 11 is 3.29. The number of carbonyl (C=O) groups is 2. The lowest BCUT2D eigenvalue weighted by Gasteiger charge is -2.10. The van der Waals surface area contributed by atoms with Crippen LogP contribution in [0, 0.1) is 6.92 Å². The highest BCUT2D eigenvalue weighted by Gasteiger charge is 2.15. The molecule has 2 aromatic carbocycles. The van der Waals surface area contributed by atoms with Crippen LogP contribution in [0.25, 0.3) is 0 Å². The average Bonchev–Trinajstić information content (AvgIpc) is 2.48. The molecular formula is C16H14BrNO3. The number of carbonyl (C=O) groups excluding carboxylic acids is 2. The minimum atomic E-state index is -0.504. The molecule has 2 rings (SSSR count). The smallest absolute Gasteiger partial charge is 0.340 e. The Kier molecular flexibility index (Phi) is 4.75. The quantitative estimate of drug-likeness (QED) is 0.859. The van der Waals surface area contributed by atoms with Gasteiger partial charge >= 0.3 is 5.97 Å². The van der Waals surface area contributed by atoms with Crippen LogP contribution < -0.4 is 5.32 Å². The van der Waals surface area contributed by atoms with Gasteiger partial charge in [-0.2, -0.15) is 0 Å². The molecule has 0 atom stereocenters. The van der Waals surface area contributed by atoms with Crippen molar-refractivity contribution in [3.05, 3.63) is 63.6 Å². The maximum absolute atomic E-state index is 12.2. The molecule has 0 heterocycles. The summed E-state index contributed by atoms with van der Waals surface area (Å²) < 4.78 is 5.46. The fraction of sp³-hybridized carbons (Fsp3) is 0.125. The standard InChI is InChI=1S/C16H14BrNO3/c1-10-4-3-5-11(8-10)15(19)18-14-7-6-12(17)9-13(14)16(20)21-2/h3-9H,1-2H3,(H,18,19). The average molecular weight is 348 g/mol. The Balaban J connectivity index is 2.31. The predicted octanol–water partition coefficient (Wildman–Crippen LogP) is 3.80. The Labute approximate surface area is 131 Å². The van der Waals surface area contributed by atoms with Crippen molar-refractivity contribution >= 4 is 33.5 Å². The molecule has 5 heteroatoms. The second kappa shape index (κ2) is 6.54. The van der Waals surface area contributed by atoms with Crippen molar-refractivity contribution in [1.82, 2.24) is 0 Å². The van der Waals surface area contributed by atoms with Crippen LogP contribution in [-0.2, 0) is 4.74 Å². The number of methoxy groups -OCH3 is 1. The molecule has 4 nitrogen and oxygen atoms in total. The van der Waals surface area contributed by atoms with Gasteiger partial charge in [0, 0.05) is 10.0 Å². The maximum Gasteiger partial charge on any atom is 0.340 e. The third-order valence-electron chi connectivity index (χ3n) is 2.92. The van der Waals surface area contributed by atoms with Crippen LogP contribution >= 0.6 is 15.9 Å². The number of aryl methyl sites for hydroxylation is 1. The molecule has 0 radical (unpaired) electrons. The van der Waals surface area contributed by atoms with Crippen LogP contribution in [0.5, 0.6) is 0 Å². The molecule has 2 aromatic rings. The van der Waals surface area contributed by atoms with Gasteiger partial charge in [-0.05, 0) is 37.3 Å². The van der Waals surface area contributed by atoms with Gasteiger partial charge < -0.3 is 10.1 Å². The van der Waals surface area contributed by atoms with Crippen molar-refractivity contribution < 1.29 is 14.3 Å². The topological polar surface area (TPSA) is 55.4 Å². The largest absolute Gasteiger partial charge is 0.465 e. The molecule has 0 aliphatic carbocycles. The molecule has 0 aliphatic heterocycles. The van der Waals surface area contributed by atoms with E-state index in [9.17, 15) is 9.59 Å². The molecule has 0 aromatic heterocycles. The summed E-state index contributed by atoms with van der Waals surface area (Å²) in [6.07, 6.45) is 0. The van der Waals surface area contributed by atoms with Crippen LogP contribution in [-0.4, -0.2) is 19.0 Å². The van der Waals surface area contributed by atoms with Crippen LogP contribution in [0.15, 0.2) is 46.9 Å². The molecule has 0 saturated carbocycles. The molecule has 1 amide bonds. The zero-order valence-corrected chi connectivity index (χ0v) is 13.2. The van der Waals surface area contributed by atoms with E-state index in [0.717, 1.165) is 10.0 Å². The molecule has 108 valence electrons. The first-order chi connectivity index (χ1) is 10.0. The summed E-state index contributed by atoms with van der Waals surface area (Å²) in [6.45, 7) is 1.91. The predicted molar refractivity (Wildman–Crippen MR) is 84.6 cm³/mol. The van der Waals surface area contributed by atoms with E-state index in [2.05, 4.69) is 21.2 Å². The number of halogens is 1. The number of benzene rings is 2. The van der Waals surface area contributed by atoms with E-state index >= 15 is 0 Å². The van der Waals surface area contributed by atoms with Gasteiger partial charge in [-0.1, -0.05) is 33.6 Å². The Morgan fingerprint density at radius 2 is 1.90 bits per heavy atom. The highest BCUT2D eigenvalue weighted by molar-refractivity contribution is 9.10. The molecule has 1 N–H and O–H groups in total. The number of rotatable bonds is 3. The van der Waals surface area contributed by atoms with E-state index < -0.39 is 5.97 Å². The lowest BCUT2D eigenvalue weighted by Crippen LogP contribution is -2.15. The summed E-state index contributed by atoms with van der Waals surface area (Å²) in [6, 6.07) is 12.2. The summed E-state index contributed by atoms with van der Waals surface area (Å²) in [5, 5.41) is 2.74. The Morgan fingerprint density at radius 1 is 1.14 bits per heavy atom. The van der Waals surface area contributed by atoms with Gasteiger partial charge in [0.05, 0.1) is 18.4 Å². The van der Waals surface area contributed by atoms with Crippen molar-refractivity contribution in [3.63, 3.8) is 0 Å². The number of anilines is 1. The zero-order chi connectivity index (χ0) is 15.4. The normalized spacial score (nSPS) is 10.0. The summed E-state index contributed by atoms with van der Waals surface area (Å²) in [4.78, 5) is 24.0. The minimum absolute atomic E-state index is 0.272. The number of hydrogen-bond donors (Lipinski definition) is 1. The minimum Gasteiger partial charge on any atom is -0.465 e. The number of amides is 1. The van der Waals surface area contributed by atoms with Crippen molar-refractivity contribution in [2.24, 2.45) is 0 Å². The van der Waals surface area contributed by atoms with E-state index in [4.69, 9.17) is 4.74 Å². The summed E-state index contributed by atoms with van der Waals surface area (Å²) in [5.41, 5.74) is 2.24. The zero-order valence-electron chi connectivity index (χ0n) is 11.6. The second-order valence-electron chi connectivity index (χ2n) is 4.51. The number of hydrogen-bond acceptors (Lipinski definition) is 3. The first-order valence-electron chi connectivity index (χ1n) is 6.27. The molecule has 21 heavy (non-hydrogen) atoms. The van der Waals surface area contributed by atoms with Crippen molar-refractivity contribution in [1.29, 1.82) is 0 Å². The summed E-state index contributed by atoms with van der Waals surface area (Å²) in [7, 11) is 1.30. The van der Waals surface area contributed by atoms with E-state index in [1.807, 2.05) is 19.1 Å². The highest BCUT2D eigenvalue weighted by Crippen LogP contribution is 2.22. The number of ether oxygens (including phenoxy) is 1. The molecule has 0 unspecified atom stereocenters. The van der Waals surface area contributed by atoms with Crippen LogP contribution in [0.2, 0.25) is 0 Å². The van der Waals surface area contributed by atoms with Gasteiger partial charge in [0.2, 0.25) is 0 Å². The molecule has 0 saturated heterocycles. The highest BCUT2D eigenvalue weighted by atomic mass is 79.9. The first-order valence-corrected chi connectivity index (χ1v) is 7.06. The van der Waals surface area contributed by atoms with E-state index in [-0.39, 0.29) is 5.91 Å². The number of nitrogens with one attached hydrogen (secondary N) is 1. The monoisotopic (exact) mass is 347 g/mol. The van der Waals surface area contributed by atoms with Crippen LogP contribution in [0.4, 0.5) is 5.69 Å². The fourth-order valence-electron chi connectivity index (χ4n) is 1.89. The Bertz CT molecular complexity index is 698. The lowest BCUT2D eigenvalue weighted by atomic mass is 10.1. The lowest BCUT2D eigenvalue weighted by molar-refractivity contribution is 0.0602. The van der Waals surface area contributed by atoms with Gasteiger partial charge in [0.1, 0.15) is 0 Å². The number of esters is 1. The third-order valence-corrected chi connectivity index (χ3v) is 3.41. The van der Waals surface area contributed by atoms with E-state index in [1.165, 1.54) is 7.11 Å². The Hall–Kier alpha value is -2.14. The fourth-order valence-corrected chi connectivity index (χ4v) is 2.25. The third kappa shape index (κ3) is 3.70. The van der Waals surface area contributed by atoms with Gasteiger partial charge in [0.15, 0.2) is 0 Å². The van der Waals surface area contributed by atoms with Crippen molar-refractivity contribution in [2.75, 3.05) is 12.4 Å². The molecule has 0 bridgehead atoms. The van der Waals surface area contributed by atoms with Gasteiger partial charge in [-0.25, -0.2) is 4.79 Å². The van der Waals surface area contributed by atoms with E-state index in [0.29, 0.717) is 16.8 Å². The first kappa shape index (κ1) is 15.3. The van der Waals surface area contributed by atoms with Crippen LogP contribution in [0.3, 0.4) is 0 Å². The summed E-state index contributed by atoms with van der Waals surface area (Å²) in [5.74, 6) is -0.776. The van der Waals surface area contributed by atoms with E-state index in [1.54, 1.807) is 30.3 Å². The maximum atomic E-state index is 12.2. The van der Waals surface area contributed by atoms with Crippen LogP contribution in [0.1, 0.15) is 26.3 Å². The molecule has 0 spiro atoms. The second-order valence-corrected chi connectivity index (χ2v) is 5.42. The van der Waals surface area contributed by atoms with Crippen molar-refractivity contribution in [3.8, 4) is 0 Å². The van der Waals surface area contributed by atoms with Gasteiger partial charge in [-0.3, -0.25) is 4.79 Å². The molecule has 0 aliphatic rings. The molecule has 0 fully saturated rings. The Morgan fingerprint density at radius 3 is 2.57 bits per heavy atom.